The lowest BCUT2D eigenvalue weighted by molar-refractivity contribution is 0.715. The van der Waals surface area contributed by atoms with Gasteiger partial charge in [0.15, 0.2) is 0 Å². The van der Waals surface area contributed by atoms with Gasteiger partial charge < -0.3 is 5.73 Å². The molecule has 0 aliphatic rings. The van der Waals surface area contributed by atoms with Gasteiger partial charge in [0.1, 0.15) is 0 Å². The van der Waals surface area contributed by atoms with Crippen LogP contribution >= 0.6 is 0 Å². The second-order valence-electron chi connectivity index (χ2n) is 4.46. The second-order valence-corrected chi connectivity index (χ2v) is 4.46. The standard InChI is InChI=1S/C15H18N2/c1-11-4-3-5-14(12(11)2)15(16)10-13-6-8-17-9-7-13/h3-9,15H,10,16H2,1-2H3. The molecule has 2 heteroatoms. The maximum atomic E-state index is 6.28. The number of nitrogens with two attached hydrogens (primary N) is 1. The van der Waals surface area contributed by atoms with Crippen LogP contribution in [0.4, 0.5) is 0 Å². The minimum Gasteiger partial charge on any atom is -0.324 e. The van der Waals surface area contributed by atoms with Crippen molar-refractivity contribution in [1.82, 2.24) is 4.98 Å². The Kier molecular flexibility index (Phi) is 3.55. The lowest BCUT2D eigenvalue weighted by atomic mass is 9.94. The lowest BCUT2D eigenvalue weighted by Crippen LogP contribution is -2.15. The summed E-state index contributed by atoms with van der Waals surface area (Å²) in [5, 5.41) is 0. The van der Waals surface area contributed by atoms with E-state index in [1.165, 1.54) is 22.3 Å². The minimum absolute atomic E-state index is 0.0531. The molecule has 1 aromatic carbocycles. The van der Waals surface area contributed by atoms with Crippen LogP contribution in [-0.2, 0) is 6.42 Å². The van der Waals surface area contributed by atoms with E-state index in [1.807, 2.05) is 24.5 Å². The summed E-state index contributed by atoms with van der Waals surface area (Å²) in [6.07, 6.45) is 4.48. The number of aromatic nitrogens is 1. The molecule has 0 spiro atoms. The van der Waals surface area contributed by atoms with Crippen LogP contribution in [0.2, 0.25) is 0 Å². The fourth-order valence-corrected chi connectivity index (χ4v) is 2.06. The third-order valence-electron chi connectivity index (χ3n) is 3.25. The van der Waals surface area contributed by atoms with Crippen molar-refractivity contribution in [3.8, 4) is 0 Å². The van der Waals surface area contributed by atoms with E-state index in [2.05, 4.69) is 37.0 Å². The van der Waals surface area contributed by atoms with Crippen LogP contribution in [0.3, 0.4) is 0 Å². The molecule has 0 saturated heterocycles. The molecule has 2 rings (SSSR count). The molecule has 2 N–H and O–H groups in total. The Bertz CT molecular complexity index is 492. The Hall–Kier alpha value is -1.67. The Morgan fingerprint density at radius 3 is 2.53 bits per heavy atom. The van der Waals surface area contributed by atoms with Gasteiger partial charge in [0.2, 0.25) is 0 Å². The molecule has 0 fully saturated rings. The predicted molar refractivity (Wildman–Crippen MR) is 70.8 cm³/mol. The van der Waals surface area contributed by atoms with E-state index in [-0.39, 0.29) is 6.04 Å². The molecule has 0 aliphatic heterocycles. The van der Waals surface area contributed by atoms with Crippen LogP contribution in [0.5, 0.6) is 0 Å². The highest BCUT2D eigenvalue weighted by Gasteiger charge is 2.10. The zero-order valence-corrected chi connectivity index (χ0v) is 10.4. The summed E-state index contributed by atoms with van der Waals surface area (Å²) in [6.45, 7) is 4.26. The van der Waals surface area contributed by atoms with E-state index in [9.17, 15) is 0 Å². The highest BCUT2D eigenvalue weighted by Crippen LogP contribution is 2.21. The first-order valence-corrected chi connectivity index (χ1v) is 5.89. The van der Waals surface area contributed by atoms with Gasteiger partial charge in [0, 0.05) is 18.4 Å². The Morgan fingerprint density at radius 2 is 1.82 bits per heavy atom. The van der Waals surface area contributed by atoms with E-state index >= 15 is 0 Å². The van der Waals surface area contributed by atoms with Crippen LogP contribution in [0.15, 0.2) is 42.7 Å². The molecule has 1 heterocycles. The Morgan fingerprint density at radius 1 is 1.12 bits per heavy atom. The van der Waals surface area contributed by atoms with Crippen molar-refractivity contribution in [2.24, 2.45) is 5.73 Å². The zero-order chi connectivity index (χ0) is 12.3. The highest BCUT2D eigenvalue weighted by atomic mass is 14.6. The lowest BCUT2D eigenvalue weighted by Gasteiger charge is -2.16. The van der Waals surface area contributed by atoms with Crippen molar-refractivity contribution in [1.29, 1.82) is 0 Å². The molecule has 2 aromatic rings. The second kappa shape index (κ2) is 5.11. The van der Waals surface area contributed by atoms with Crippen molar-refractivity contribution in [3.05, 3.63) is 65.0 Å². The van der Waals surface area contributed by atoms with E-state index in [0.29, 0.717) is 0 Å². The highest BCUT2D eigenvalue weighted by molar-refractivity contribution is 5.36. The first-order chi connectivity index (χ1) is 8.18. The molecule has 0 radical (unpaired) electrons. The Labute approximate surface area is 103 Å². The molecular weight excluding hydrogens is 208 g/mol. The van der Waals surface area contributed by atoms with Crippen molar-refractivity contribution in [3.63, 3.8) is 0 Å². The number of hydrogen-bond donors (Lipinski definition) is 1. The van der Waals surface area contributed by atoms with Gasteiger partial charge in [-0.15, -0.1) is 0 Å². The monoisotopic (exact) mass is 226 g/mol. The van der Waals surface area contributed by atoms with Gasteiger partial charge in [-0.1, -0.05) is 18.2 Å². The van der Waals surface area contributed by atoms with Crippen LogP contribution in [-0.4, -0.2) is 4.98 Å². The van der Waals surface area contributed by atoms with Gasteiger partial charge in [0.05, 0.1) is 0 Å². The average Bonchev–Trinajstić information content (AvgIpc) is 2.34. The van der Waals surface area contributed by atoms with Gasteiger partial charge in [-0.05, 0) is 54.7 Å². The molecule has 2 nitrogen and oxygen atoms in total. The van der Waals surface area contributed by atoms with Gasteiger partial charge in [0.25, 0.3) is 0 Å². The Balaban J connectivity index is 2.20. The maximum Gasteiger partial charge on any atom is 0.0338 e. The van der Waals surface area contributed by atoms with Gasteiger partial charge >= 0.3 is 0 Å². The zero-order valence-electron chi connectivity index (χ0n) is 10.4. The first kappa shape index (κ1) is 11.8. The van der Waals surface area contributed by atoms with Crippen molar-refractivity contribution < 1.29 is 0 Å². The number of benzene rings is 1. The van der Waals surface area contributed by atoms with Crippen LogP contribution in [0.25, 0.3) is 0 Å². The first-order valence-electron chi connectivity index (χ1n) is 5.89. The summed E-state index contributed by atoms with van der Waals surface area (Å²) < 4.78 is 0. The number of hydrogen-bond acceptors (Lipinski definition) is 2. The number of rotatable bonds is 3. The molecular formula is C15H18N2. The number of aryl methyl sites for hydroxylation is 1. The van der Waals surface area contributed by atoms with E-state index in [0.717, 1.165) is 6.42 Å². The topological polar surface area (TPSA) is 38.9 Å². The third-order valence-corrected chi connectivity index (χ3v) is 3.25. The van der Waals surface area contributed by atoms with E-state index < -0.39 is 0 Å². The summed E-state index contributed by atoms with van der Waals surface area (Å²) in [6, 6.07) is 10.4. The molecule has 1 atom stereocenters. The average molecular weight is 226 g/mol. The third kappa shape index (κ3) is 2.71. The quantitative estimate of drug-likeness (QED) is 0.874. The molecule has 88 valence electrons. The fourth-order valence-electron chi connectivity index (χ4n) is 2.06. The van der Waals surface area contributed by atoms with Gasteiger partial charge in [-0.25, -0.2) is 0 Å². The molecule has 0 aliphatic carbocycles. The fraction of sp³-hybridized carbons (Fsp3) is 0.267. The summed E-state index contributed by atoms with van der Waals surface area (Å²) in [4.78, 5) is 4.02. The predicted octanol–water partition coefficient (Wildman–Crippen LogP) is 2.94. The molecule has 17 heavy (non-hydrogen) atoms. The van der Waals surface area contributed by atoms with Crippen molar-refractivity contribution in [2.75, 3.05) is 0 Å². The molecule has 0 amide bonds. The number of pyridine rings is 1. The van der Waals surface area contributed by atoms with Crippen LogP contribution < -0.4 is 5.73 Å². The summed E-state index contributed by atoms with van der Waals surface area (Å²) in [5.41, 5.74) is 11.3. The smallest absolute Gasteiger partial charge is 0.0338 e. The SMILES string of the molecule is Cc1cccc(C(N)Cc2ccncc2)c1C. The summed E-state index contributed by atoms with van der Waals surface area (Å²) >= 11 is 0. The minimum atomic E-state index is 0.0531. The molecule has 1 aromatic heterocycles. The maximum absolute atomic E-state index is 6.28. The normalized spacial score (nSPS) is 12.4. The van der Waals surface area contributed by atoms with Crippen LogP contribution in [0, 0.1) is 13.8 Å². The molecule has 0 saturated carbocycles. The van der Waals surface area contributed by atoms with E-state index in [4.69, 9.17) is 5.73 Å². The van der Waals surface area contributed by atoms with Crippen molar-refractivity contribution >= 4 is 0 Å². The summed E-state index contributed by atoms with van der Waals surface area (Å²) in [5.74, 6) is 0. The summed E-state index contributed by atoms with van der Waals surface area (Å²) in [7, 11) is 0. The molecule has 0 bridgehead atoms. The van der Waals surface area contributed by atoms with E-state index in [1.54, 1.807) is 0 Å². The largest absolute Gasteiger partial charge is 0.324 e. The van der Waals surface area contributed by atoms with Crippen LogP contribution in [0.1, 0.15) is 28.3 Å². The molecule has 1 unspecified atom stereocenters. The van der Waals surface area contributed by atoms with Gasteiger partial charge in [-0.2, -0.15) is 0 Å². The van der Waals surface area contributed by atoms with Gasteiger partial charge in [-0.3, -0.25) is 4.98 Å². The van der Waals surface area contributed by atoms with Crippen molar-refractivity contribution in [2.45, 2.75) is 26.3 Å². The number of nitrogens with zero attached hydrogens (tertiary/aromatic N) is 1.